The molecular formula is C24H20ClF2N7O. The molecule has 2 aliphatic rings. The molecule has 11 heteroatoms. The molecule has 178 valence electrons. The second-order valence-corrected chi connectivity index (χ2v) is 8.42. The number of fused-ring (bicyclic) bond motifs is 3. The van der Waals surface area contributed by atoms with Crippen molar-refractivity contribution in [3.63, 3.8) is 0 Å². The second-order valence-electron chi connectivity index (χ2n) is 7.99. The second kappa shape index (κ2) is 8.95. The summed E-state index contributed by atoms with van der Waals surface area (Å²) in [4.78, 5) is 28.0. The summed E-state index contributed by atoms with van der Waals surface area (Å²) in [5.41, 5.74) is 2.77. The minimum absolute atomic E-state index is 0.0592. The van der Waals surface area contributed by atoms with Crippen LogP contribution in [0.4, 0.5) is 36.7 Å². The normalized spacial score (nSPS) is 14.0. The maximum atomic E-state index is 14.8. The maximum Gasteiger partial charge on any atom is 0.323 e. The monoisotopic (exact) mass is 495 g/mol. The number of benzene rings is 2. The van der Waals surface area contributed by atoms with Crippen LogP contribution in [0, 0.1) is 18.6 Å². The van der Waals surface area contributed by atoms with Gasteiger partial charge in [0, 0.05) is 35.9 Å². The highest BCUT2D eigenvalue weighted by Gasteiger charge is 2.31. The lowest BCUT2D eigenvalue weighted by atomic mass is 9.94. The van der Waals surface area contributed by atoms with E-state index >= 15 is 0 Å². The smallest absolute Gasteiger partial charge is 0.323 e. The SMILES string of the molecule is CNc1ncc2c(n1)N1CCN=C1C(c1cc(NC(=O)Nc3ccc(Cl)cc3F)c(F)cc1C)=C2. The summed E-state index contributed by atoms with van der Waals surface area (Å²) < 4.78 is 28.8. The predicted octanol–water partition coefficient (Wildman–Crippen LogP) is 5.18. The van der Waals surface area contributed by atoms with Crippen LogP contribution in [0.15, 0.2) is 41.5 Å². The Balaban J connectivity index is 1.49. The number of urea groups is 1. The van der Waals surface area contributed by atoms with Crippen molar-refractivity contribution >= 4 is 58.3 Å². The number of halogens is 3. The molecular weight excluding hydrogens is 476 g/mol. The van der Waals surface area contributed by atoms with Crippen LogP contribution in [0.1, 0.15) is 16.7 Å². The van der Waals surface area contributed by atoms with Crippen molar-refractivity contribution in [2.24, 2.45) is 4.99 Å². The number of rotatable bonds is 4. The third-order valence-corrected chi connectivity index (χ3v) is 5.92. The van der Waals surface area contributed by atoms with E-state index in [0.717, 1.165) is 23.0 Å². The van der Waals surface area contributed by atoms with Gasteiger partial charge in [0.25, 0.3) is 0 Å². The van der Waals surface area contributed by atoms with Gasteiger partial charge in [-0.1, -0.05) is 11.6 Å². The van der Waals surface area contributed by atoms with E-state index < -0.39 is 17.7 Å². The highest BCUT2D eigenvalue weighted by Crippen LogP contribution is 2.37. The van der Waals surface area contributed by atoms with Gasteiger partial charge in [-0.15, -0.1) is 0 Å². The first-order valence-corrected chi connectivity index (χ1v) is 11.1. The lowest BCUT2D eigenvalue weighted by molar-refractivity contribution is 0.262. The highest BCUT2D eigenvalue weighted by atomic mass is 35.5. The van der Waals surface area contributed by atoms with E-state index in [-0.39, 0.29) is 16.4 Å². The van der Waals surface area contributed by atoms with Gasteiger partial charge < -0.3 is 20.9 Å². The summed E-state index contributed by atoms with van der Waals surface area (Å²) in [6.45, 7) is 3.02. The zero-order valence-electron chi connectivity index (χ0n) is 18.8. The van der Waals surface area contributed by atoms with Crippen LogP contribution in [0.5, 0.6) is 0 Å². The van der Waals surface area contributed by atoms with Gasteiger partial charge >= 0.3 is 6.03 Å². The van der Waals surface area contributed by atoms with Gasteiger partial charge in [-0.05, 0) is 54.5 Å². The molecule has 2 aliphatic heterocycles. The molecule has 0 bridgehead atoms. The van der Waals surface area contributed by atoms with E-state index in [4.69, 9.17) is 11.6 Å². The number of aliphatic imine (C=N–C) groups is 1. The molecule has 35 heavy (non-hydrogen) atoms. The number of nitrogens with one attached hydrogen (secondary N) is 3. The Morgan fingerprint density at radius 2 is 1.89 bits per heavy atom. The zero-order valence-corrected chi connectivity index (χ0v) is 19.5. The summed E-state index contributed by atoms with van der Waals surface area (Å²) >= 11 is 5.75. The summed E-state index contributed by atoms with van der Waals surface area (Å²) in [6, 6.07) is 5.93. The fraction of sp³-hybridized carbons (Fsp3) is 0.167. The molecule has 3 aromatic rings. The first-order chi connectivity index (χ1) is 16.8. The number of hydrogen-bond acceptors (Lipinski definition) is 6. The lowest BCUT2D eigenvalue weighted by Gasteiger charge is -2.28. The molecule has 0 aliphatic carbocycles. The topological polar surface area (TPSA) is 94.5 Å². The molecule has 8 nitrogen and oxygen atoms in total. The van der Waals surface area contributed by atoms with Crippen LogP contribution >= 0.6 is 11.6 Å². The summed E-state index contributed by atoms with van der Waals surface area (Å²) in [6.07, 6.45) is 3.62. The van der Waals surface area contributed by atoms with Crippen molar-refractivity contribution in [2.45, 2.75) is 6.92 Å². The first-order valence-electron chi connectivity index (χ1n) is 10.8. The molecule has 0 saturated heterocycles. The average molecular weight is 496 g/mol. The molecule has 3 N–H and O–H groups in total. The third-order valence-electron chi connectivity index (χ3n) is 5.69. The summed E-state index contributed by atoms with van der Waals surface area (Å²) in [7, 11) is 1.75. The van der Waals surface area contributed by atoms with E-state index in [2.05, 4.69) is 30.9 Å². The maximum absolute atomic E-state index is 14.8. The number of carbonyl (C=O) groups excluding carboxylic acids is 1. The number of aryl methyl sites for hydroxylation is 1. The fourth-order valence-corrected chi connectivity index (χ4v) is 4.21. The molecule has 2 aromatic carbocycles. The van der Waals surface area contributed by atoms with Gasteiger partial charge in [0.05, 0.1) is 17.9 Å². The van der Waals surface area contributed by atoms with Crippen LogP contribution in [-0.2, 0) is 0 Å². The minimum Gasteiger partial charge on any atom is -0.357 e. The number of amidine groups is 1. The van der Waals surface area contributed by atoms with E-state index in [0.29, 0.717) is 36.0 Å². The van der Waals surface area contributed by atoms with E-state index in [1.807, 2.05) is 11.0 Å². The quantitative estimate of drug-likeness (QED) is 0.464. The van der Waals surface area contributed by atoms with E-state index in [1.54, 1.807) is 26.2 Å². The number of amides is 2. The number of aromatic nitrogens is 2. The Kier molecular flexibility index (Phi) is 5.81. The largest absolute Gasteiger partial charge is 0.357 e. The Morgan fingerprint density at radius 1 is 1.11 bits per heavy atom. The number of nitrogens with zero attached hydrogens (tertiary/aromatic N) is 4. The van der Waals surface area contributed by atoms with Crippen molar-refractivity contribution in [2.75, 3.05) is 41.0 Å². The third kappa shape index (κ3) is 4.28. The predicted molar refractivity (Wildman–Crippen MR) is 134 cm³/mol. The van der Waals surface area contributed by atoms with Crippen LogP contribution in [0.2, 0.25) is 5.02 Å². The van der Waals surface area contributed by atoms with Gasteiger partial charge in [-0.25, -0.2) is 18.6 Å². The Morgan fingerprint density at radius 3 is 2.66 bits per heavy atom. The average Bonchev–Trinajstić information content (AvgIpc) is 3.32. The van der Waals surface area contributed by atoms with Crippen LogP contribution in [0.3, 0.4) is 0 Å². The van der Waals surface area contributed by atoms with Crippen LogP contribution in [0.25, 0.3) is 11.6 Å². The molecule has 3 heterocycles. The van der Waals surface area contributed by atoms with Crippen LogP contribution < -0.4 is 20.9 Å². The van der Waals surface area contributed by atoms with E-state index in [1.165, 1.54) is 18.2 Å². The van der Waals surface area contributed by atoms with Gasteiger partial charge in [-0.3, -0.25) is 4.99 Å². The number of carbonyl (C=O) groups is 1. The molecule has 5 rings (SSSR count). The van der Waals surface area contributed by atoms with Gasteiger partial charge in [0.15, 0.2) is 0 Å². The molecule has 2 amide bonds. The molecule has 0 saturated carbocycles. The number of anilines is 4. The summed E-state index contributed by atoms with van der Waals surface area (Å²) in [5.74, 6) is 0.631. The van der Waals surface area contributed by atoms with Crippen molar-refractivity contribution in [1.29, 1.82) is 0 Å². The van der Waals surface area contributed by atoms with Crippen LogP contribution in [-0.4, -0.2) is 42.0 Å². The standard InChI is InChI=1S/C24H20ClF2N7O/c1-12-7-17(26)20(32-24(35)31-19-4-3-14(25)9-18(19)27)10-15(12)16-8-13-11-30-23(28-2)33-21(13)34-6-5-29-22(16)34/h3-4,7-11H,5-6H2,1-2H3,(H,28,30,33)(H2,31,32,35). The molecule has 0 fully saturated rings. The molecule has 0 unspecified atom stereocenters. The minimum atomic E-state index is -0.796. The highest BCUT2D eigenvalue weighted by molar-refractivity contribution is 6.36. The fourth-order valence-electron chi connectivity index (χ4n) is 4.05. The van der Waals surface area contributed by atoms with Crippen molar-refractivity contribution < 1.29 is 13.6 Å². The zero-order chi connectivity index (χ0) is 24.7. The van der Waals surface area contributed by atoms with Crippen molar-refractivity contribution in [3.8, 4) is 0 Å². The van der Waals surface area contributed by atoms with Crippen molar-refractivity contribution in [1.82, 2.24) is 9.97 Å². The molecule has 0 spiro atoms. The first kappa shape index (κ1) is 22.7. The molecule has 0 atom stereocenters. The Bertz CT molecular complexity index is 1420. The summed E-state index contributed by atoms with van der Waals surface area (Å²) in [5, 5.41) is 7.96. The number of hydrogen-bond donors (Lipinski definition) is 3. The van der Waals surface area contributed by atoms with Crippen molar-refractivity contribution in [3.05, 3.63) is 69.9 Å². The molecule has 1 aromatic heterocycles. The Hall–Kier alpha value is -4.05. The lowest BCUT2D eigenvalue weighted by Crippen LogP contribution is -2.32. The van der Waals surface area contributed by atoms with Gasteiger partial charge in [0.1, 0.15) is 23.3 Å². The van der Waals surface area contributed by atoms with Gasteiger partial charge in [-0.2, -0.15) is 4.98 Å². The van der Waals surface area contributed by atoms with Gasteiger partial charge in [0.2, 0.25) is 5.95 Å². The molecule has 0 radical (unpaired) electrons. The van der Waals surface area contributed by atoms with E-state index in [9.17, 15) is 13.6 Å². The Labute approximate surface area is 204 Å².